The molecule has 1 spiro atoms. The molecule has 0 bridgehead atoms. The number of carbonyl (C=O) groups is 1. The molecule has 2 fully saturated rings. The molecule has 2 heterocycles. The summed E-state index contributed by atoms with van der Waals surface area (Å²) in [5.41, 5.74) is 2.19. The first kappa shape index (κ1) is 12.8. The molecule has 1 amide bonds. The highest BCUT2D eigenvalue weighted by atomic mass is 32.1. The van der Waals surface area contributed by atoms with E-state index in [1.54, 1.807) is 23.9 Å². The molecule has 1 saturated carbocycles. The summed E-state index contributed by atoms with van der Waals surface area (Å²) < 4.78 is 0. The zero-order valence-electron chi connectivity index (χ0n) is 11.3. The Morgan fingerprint density at radius 3 is 2.89 bits per heavy atom. The number of carbonyl (C=O) groups excluding carboxylic acids is 1. The number of hydrogen-bond acceptors (Lipinski definition) is 5. The lowest BCUT2D eigenvalue weighted by atomic mass is 9.76. The number of nitrogens with one attached hydrogen (secondary N) is 1. The molecule has 5 nitrogen and oxygen atoms in total. The highest BCUT2D eigenvalue weighted by molar-refractivity contribution is 7.13. The summed E-state index contributed by atoms with van der Waals surface area (Å²) in [6.45, 7) is 2.10. The van der Waals surface area contributed by atoms with Gasteiger partial charge in [-0.1, -0.05) is 11.3 Å². The fraction of sp³-hybridized carbons (Fsp3) is 0.769. The number of piperidine rings is 1. The van der Waals surface area contributed by atoms with Crippen LogP contribution in [-0.4, -0.2) is 36.2 Å². The predicted octanol–water partition coefficient (Wildman–Crippen LogP) is 1.67. The predicted molar refractivity (Wildman–Crippen MR) is 75.2 cm³/mol. The highest BCUT2D eigenvalue weighted by Crippen LogP contribution is 2.49. The second kappa shape index (κ2) is 5.07. The fourth-order valence-electron chi connectivity index (χ4n) is 3.57. The van der Waals surface area contributed by atoms with Crippen LogP contribution in [0.15, 0.2) is 5.51 Å². The van der Waals surface area contributed by atoms with E-state index in [0.29, 0.717) is 5.41 Å². The SMILES string of the molecule is CNC(=O)[C@@H]1CCC2(CCN(c3nncs3)CC2)C1. The molecule has 0 aromatic carbocycles. The summed E-state index contributed by atoms with van der Waals surface area (Å²) in [5.74, 6) is 0.460. The van der Waals surface area contributed by atoms with Crippen molar-refractivity contribution >= 4 is 22.4 Å². The van der Waals surface area contributed by atoms with E-state index in [0.717, 1.165) is 31.1 Å². The summed E-state index contributed by atoms with van der Waals surface area (Å²) in [6, 6.07) is 0. The van der Waals surface area contributed by atoms with Crippen molar-refractivity contribution < 1.29 is 4.79 Å². The molecular formula is C13H20N4OS. The van der Waals surface area contributed by atoms with Crippen LogP contribution in [0.3, 0.4) is 0 Å². The van der Waals surface area contributed by atoms with Gasteiger partial charge in [0.25, 0.3) is 0 Å². The van der Waals surface area contributed by atoms with Gasteiger partial charge in [-0.25, -0.2) is 0 Å². The topological polar surface area (TPSA) is 58.1 Å². The van der Waals surface area contributed by atoms with Gasteiger partial charge in [-0.2, -0.15) is 0 Å². The molecule has 19 heavy (non-hydrogen) atoms. The van der Waals surface area contributed by atoms with Gasteiger partial charge in [0.05, 0.1) is 0 Å². The van der Waals surface area contributed by atoms with E-state index in [-0.39, 0.29) is 11.8 Å². The third-order valence-corrected chi connectivity index (χ3v) is 5.51. The summed E-state index contributed by atoms with van der Waals surface area (Å²) >= 11 is 1.61. The second-order valence-corrected chi connectivity index (χ2v) is 6.57. The van der Waals surface area contributed by atoms with Crippen LogP contribution in [0.25, 0.3) is 0 Å². The van der Waals surface area contributed by atoms with Crippen molar-refractivity contribution in [2.75, 3.05) is 25.0 Å². The van der Waals surface area contributed by atoms with E-state index in [2.05, 4.69) is 20.4 Å². The molecule has 104 valence electrons. The molecule has 6 heteroatoms. The molecule has 1 N–H and O–H groups in total. The molecule has 1 saturated heterocycles. The molecule has 1 atom stereocenters. The van der Waals surface area contributed by atoms with Crippen molar-refractivity contribution in [2.24, 2.45) is 11.3 Å². The van der Waals surface area contributed by atoms with Crippen LogP contribution in [0.5, 0.6) is 0 Å². The van der Waals surface area contributed by atoms with Gasteiger partial charge in [0.1, 0.15) is 5.51 Å². The Balaban J connectivity index is 1.60. The van der Waals surface area contributed by atoms with E-state index in [9.17, 15) is 4.79 Å². The van der Waals surface area contributed by atoms with Gasteiger partial charge < -0.3 is 10.2 Å². The molecular weight excluding hydrogens is 260 g/mol. The van der Waals surface area contributed by atoms with Crippen LogP contribution >= 0.6 is 11.3 Å². The Morgan fingerprint density at radius 2 is 2.26 bits per heavy atom. The summed E-state index contributed by atoms with van der Waals surface area (Å²) in [4.78, 5) is 14.1. The lowest BCUT2D eigenvalue weighted by Gasteiger charge is -2.39. The van der Waals surface area contributed by atoms with Crippen molar-refractivity contribution in [3.8, 4) is 0 Å². The highest BCUT2D eigenvalue weighted by Gasteiger charge is 2.43. The maximum absolute atomic E-state index is 11.8. The van der Waals surface area contributed by atoms with Gasteiger partial charge in [0, 0.05) is 26.1 Å². The van der Waals surface area contributed by atoms with Gasteiger partial charge in [-0.05, 0) is 37.5 Å². The van der Waals surface area contributed by atoms with E-state index < -0.39 is 0 Å². The van der Waals surface area contributed by atoms with Crippen LogP contribution in [0.2, 0.25) is 0 Å². The van der Waals surface area contributed by atoms with Gasteiger partial charge in [-0.3, -0.25) is 4.79 Å². The minimum absolute atomic E-state index is 0.225. The summed E-state index contributed by atoms with van der Waals surface area (Å²) in [6.07, 6.45) is 5.68. The normalized spacial score (nSPS) is 25.7. The quantitative estimate of drug-likeness (QED) is 0.895. The third kappa shape index (κ3) is 2.45. The minimum Gasteiger partial charge on any atom is -0.359 e. The van der Waals surface area contributed by atoms with Crippen molar-refractivity contribution in [3.05, 3.63) is 5.51 Å². The fourth-order valence-corrected chi connectivity index (χ4v) is 4.18. The Bertz CT molecular complexity index is 440. The molecule has 1 aliphatic carbocycles. The zero-order chi connectivity index (χ0) is 13.3. The van der Waals surface area contributed by atoms with E-state index in [1.165, 1.54) is 19.3 Å². The first-order valence-electron chi connectivity index (χ1n) is 6.95. The first-order valence-corrected chi connectivity index (χ1v) is 7.83. The van der Waals surface area contributed by atoms with E-state index >= 15 is 0 Å². The van der Waals surface area contributed by atoms with Crippen molar-refractivity contribution in [1.29, 1.82) is 0 Å². The van der Waals surface area contributed by atoms with Crippen LogP contribution in [0.1, 0.15) is 32.1 Å². The lowest BCUT2D eigenvalue weighted by Crippen LogP contribution is -2.39. The molecule has 0 radical (unpaired) electrons. The summed E-state index contributed by atoms with van der Waals surface area (Å²) in [5, 5.41) is 11.9. The standard InChI is InChI=1S/C13H20N4OS/c1-14-11(18)10-2-3-13(8-10)4-6-17(7-5-13)12-16-15-9-19-12/h9-10H,2-8H2,1H3,(H,14,18)/t10-/m1/s1. The third-order valence-electron chi connectivity index (χ3n) is 4.76. The zero-order valence-corrected chi connectivity index (χ0v) is 12.1. The maximum atomic E-state index is 11.8. The van der Waals surface area contributed by atoms with Crippen LogP contribution in [0.4, 0.5) is 5.13 Å². The monoisotopic (exact) mass is 280 g/mol. The van der Waals surface area contributed by atoms with Gasteiger partial charge in [0.2, 0.25) is 11.0 Å². The molecule has 1 aromatic rings. The number of nitrogens with zero attached hydrogens (tertiary/aromatic N) is 3. The second-order valence-electron chi connectivity index (χ2n) is 5.76. The Hall–Kier alpha value is -1.17. The molecule has 0 unspecified atom stereocenters. The van der Waals surface area contributed by atoms with Crippen molar-refractivity contribution in [1.82, 2.24) is 15.5 Å². The number of anilines is 1. The number of rotatable bonds is 2. The average Bonchev–Trinajstić information content (AvgIpc) is 3.09. The maximum Gasteiger partial charge on any atom is 0.222 e. The van der Waals surface area contributed by atoms with Crippen molar-refractivity contribution in [3.63, 3.8) is 0 Å². The number of hydrogen-bond donors (Lipinski definition) is 1. The van der Waals surface area contributed by atoms with E-state index in [4.69, 9.17) is 0 Å². The average molecular weight is 280 g/mol. The first-order chi connectivity index (χ1) is 9.22. The van der Waals surface area contributed by atoms with Crippen LogP contribution < -0.4 is 10.2 Å². The minimum atomic E-state index is 0.225. The Kier molecular flexibility index (Phi) is 3.43. The Morgan fingerprint density at radius 1 is 1.47 bits per heavy atom. The number of aromatic nitrogens is 2. The van der Waals surface area contributed by atoms with E-state index in [1.807, 2.05) is 0 Å². The molecule has 3 rings (SSSR count). The Labute approximate surface area is 117 Å². The lowest BCUT2D eigenvalue weighted by molar-refractivity contribution is -0.124. The van der Waals surface area contributed by atoms with Gasteiger partial charge in [0.15, 0.2) is 0 Å². The smallest absolute Gasteiger partial charge is 0.222 e. The number of amides is 1. The van der Waals surface area contributed by atoms with Crippen LogP contribution in [-0.2, 0) is 4.79 Å². The molecule has 2 aliphatic rings. The largest absolute Gasteiger partial charge is 0.359 e. The van der Waals surface area contributed by atoms with Gasteiger partial charge >= 0.3 is 0 Å². The van der Waals surface area contributed by atoms with Crippen molar-refractivity contribution in [2.45, 2.75) is 32.1 Å². The van der Waals surface area contributed by atoms with Crippen LogP contribution in [0, 0.1) is 11.3 Å². The molecule has 1 aliphatic heterocycles. The summed E-state index contributed by atoms with van der Waals surface area (Å²) in [7, 11) is 1.74. The molecule has 1 aromatic heterocycles. The van der Waals surface area contributed by atoms with Gasteiger partial charge in [-0.15, -0.1) is 10.2 Å².